The molecule has 2 aromatic rings. The van der Waals surface area contributed by atoms with Crippen molar-refractivity contribution in [1.82, 2.24) is 4.90 Å². The number of sulfonamides is 1. The molecule has 1 aliphatic heterocycles. The van der Waals surface area contributed by atoms with E-state index in [1.165, 1.54) is 16.8 Å². The Balaban J connectivity index is 1.67. The van der Waals surface area contributed by atoms with E-state index in [2.05, 4.69) is 36.9 Å². The maximum atomic E-state index is 12.9. The van der Waals surface area contributed by atoms with Gasteiger partial charge in [0, 0.05) is 31.9 Å². The number of aryl methyl sites for hydroxylation is 1. The summed E-state index contributed by atoms with van der Waals surface area (Å²) < 4.78 is 31.3. The van der Waals surface area contributed by atoms with E-state index < -0.39 is 10.0 Å². The van der Waals surface area contributed by atoms with Gasteiger partial charge in [0.25, 0.3) is 0 Å². The lowest BCUT2D eigenvalue weighted by molar-refractivity contribution is -0.129. The number of anilines is 2. The second kappa shape index (κ2) is 9.60. The van der Waals surface area contributed by atoms with Crippen LogP contribution in [0.15, 0.2) is 42.5 Å². The lowest BCUT2D eigenvalue weighted by Gasteiger charge is -2.37. The predicted octanol–water partition coefficient (Wildman–Crippen LogP) is 2.82. The predicted molar refractivity (Wildman–Crippen MR) is 125 cm³/mol. The summed E-state index contributed by atoms with van der Waals surface area (Å²) in [5.41, 5.74) is 4.14. The molecule has 0 unspecified atom stereocenters. The van der Waals surface area contributed by atoms with Crippen LogP contribution in [0.5, 0.6) is 5.75 Å². The monoisotopic (exact) mass is 445 g/mol. The number of nitrogens with zero attached hydrogens (tertiary/aromatic N) is 3. The van der Waals surface area contributed by atoms with E-state index in [-0.39, 0.29) is 12.5 Å². The van der Waals surface area contributed by atoms with Crippen molar-refractivity contribution in [3.05, 3.63) is 53.6 Å². The summed E-state index contributed by atoms with van der Waals surface area (Å²) in [4.78, 5) is 17.0. The van der Waals surface area contributed by atoms with Crippen molar-refractivity contribution in [3.63, 3.8) is 0 Å². The van der Waals surface area contributed by atoms with Gasteiger partial charge in [-0.25, -0.2) is 8.42 Å². The van der Waals surface area contributed by atoms with Crippen molar-refractivity contribution in [2.45, 2.75) is 20.8 Å². The first kappa shape index (κ1) is 22.9. The zero-order valence-electron chi connectivity index (χ0n) is 18.7. The second-order valence-corrected chi connectivity index (χ2v) is 9.69. The van der Waals surface area contributed by atoms with E-state index in [4.69, 9.17) is 4.74 Å². The molecule has 0 radical (unpaired) electrons. The Morgan fingerprint density at radius 2 is 1.68 bits per heavy atom. The Bertz CT molecular complexity index is 1010. The first-order chi connectivity index (χ1) is 14.7. The third-order valence-corrected chi connectivity index (χ3v) is 6.80. The normalized spacial score (nSPS) is 14.5. The number of piperazine rings is 1. The van der Waals surface area contributed by atoms with Crippen LogP contribution in [-0.2, 0) is 14.8 Å². The lowest BCUT2D eigenvalue weighted by Crippen LogP contribution is -2.52. The highest BCUT2D eigenvalue weighted by atomic mass is 32.2. The number of ether oxygens (including phenoxy) is 1. The second-order valence-electron chi connectivity index (χ2n) is 7.78. The third kappa shape index (κ3) is 5.50. The molecule has 168 valence electrons. The van der Waals surface area contributed by atoms with E-state index in [1.54, 1.807) is 29.2 Å². The fourth-order valence-electron chi connectivity index (χ4n) is 3.77. The Morgan fingerprint density at radius 3 is 2.26 bits per heavy atom. The molecule has 8 heteroatoms. The molecular formula is C23H31N3O4S. The number of benzene rings is 2. The van der Waals surface area contributed by atoms with E-state index in [1.807, 2.05) is 6.92 Å². The van der Waals surface area contributed by atoms with Gasteiger partial charge >= 0.3 is 0 Å². The molecule has 31 heavy (non-hydrogen) atoms. The zero-order valence-corrected chi connectivity index (χ0v) is 19.5. The van der Waals surface area contributed by atoms with Crippen LogP contribution in [0.1, 0.15) is 18.1 Å². The van der Waals surface area contributed by atoms with Gasteiger partial charge in [0.1, 0.15) is 12.3 Å². The molecule has 1 saturated heterocycles. The molecule has 0 atom stereocenters. The molecular weight excluding hydrogens is 414 g/mol. The van der Waals surface area contributed by atoms with Crippen molar-refractivity contribution in [2.75, 3.05) is 54.8 Å². The van der Waals surface area contributed by atoms with E-state index >= 15 is 0 Å². The average molecular weight is 446 g/mol. The van der Waals surface area contributed by atoms with Crippen molar-refractivity contribution >= 4 is 27.3 Å². The minimum atomic E-state index is -3.61. The van der Waals surface area contributed by atoms with Crippen LogP contribution < -0.4 is 13.9 Å². The number of carbonyl (C=O) groups excluding carboxylic acids is 1. The van der Waals surface area contributed by atoms with E-state index in [0.29, 0.717) is 31.1 Å². The van der Waals surface area contributed by atoms with Gasteiger partial charge in [0.2, 0.25) is 15.9 Å². The van der Waals surface area contributed by atoms with Crippen molar-refractivity contribution < 1.29 is 17.9 Å². The average Bonchev–Trinajstić information content (AvgIpc) is 2.74. The van der Waals surface area contributed by atoms with Crippen LogP contribution in [0.4, 0.5) is 11.4 Å². The summed E-state index contributed by atoms with van der Waals surface area (Å²) >= 11 is 0. The molecule has 1 fully saturated rings. The summed E-state index contributed by atoms with van der Waals surface area (Å²) in [6.07, 6.45) is 1.12. The van der Waals surface area contributed by atoms with E-state index in [0.717, 1.165) is 23.7 Å². The van der Waals surface area contributed by atoms with Crippen LogP contribution >= 0.6 is 0 Å². The smallest absolute Gasteiger partial charge is 0.243 e. The molecule has 0 saturated carbocycles. The van der Waals surface area contributed by atoms with E-state index in [9.17, 15) is 13.2 Å². The van der Waals surface area contributed by atoms with Crippen LogP contribution in [-0.4, -0.2) is 64.8 Å². The zero-order chi connectivity index (χ0) is 22.6. The number of amides is 1. The molecule has 1 aliphatic rings. The first-order valence-electron chi connectivity index (χ1n) is 10.5. The van der Waals surface area contributed by atoms with Crippen LogP contribution in [0.25, 0.3) is 0 Å². The molecule has 0 aromatic heterocycles. The van der Waals surface area contributed by atoms with Crippen molar-refractivity contribution in [1.29, 1.82) is 0 Å². The molecule has 1 amide bonds. The molecule has 3 rings (SSSR count). The van der Waals surface area contributed by atoms with Crippen molar-refractivity contribution in [2.24, 2.45) is 0 Å². The quantitative estimate of drug-likeness (QED) is 0.656. The standard InChI is InChI=1S/C23H31N3O4S/c1-5-30-21-11-9-20(10-12-21)26(31(4,28)29)17-23(27)25-15-13-24(14-16-25)22-8-6-7-18(2)19(22)3/h6-12H,5,13-17H2,1-4H3. The van der Waals surface area contributed by atoms with Crippen molar-refractivity contribution in [3.8, 4) is 5.75 Å². The third-order valence-electron chi connectivity index (χ3n) is 5.66. The van der Waals surface area contributed by atoms with Crippen LogP contribution in [0.3, 0.4) is 0 Å². The molecule has 0 spiro atoms. The largest absolute Gasteiger partial charge is 0.494 e. The number of hydrogen-bond donors (Lipinski definition) is 0. The van der Waals surface area contributed by atoms with Gasteiger partial charge in [0.05, 0.1) is 18.6 Å². The van der Waals surface area contributed by atoms with Gasteiger partial charge in [-0.2, -0.15) is 0 Å². The molecule has 0 bridgehead atoms. The molecule has 7 nitrogen and oxygen atoms in total. The summed E-state index contributed by atoms with van der Waals surface area (Å²) in [6, 6.07) is 13.0. The lowest BCUT2D eigenvalue weighted by atomic mass is 10.1. The minimum Gasteiger partial charge on any atom is -0.494 e. The van der Waals surface area contributed by atoms with Gasteiger partial charge < -0.3 is 14.5 Å². The Labute approximate surface area is 185 Å². The number of rotatable bonds is 7. The number of carbonyl (C=O) groups is 1. The summed E-state index contributed by atoms with van der Waals surface area (Å²) in [7, 11) is -3.61. The Kier molecular flexibility index (Phi) is 7.10. The molecule has 1 heterocycles. The van der Waals surface area contributed by atoms with Gasteiger partial charge in [-0.3, -0.25) is 9.10 Å². The maximum absolute atomic E-state index is 12.9. The highest BCUT2D eigenvalue weighted by Crippen LogP contribution is 2.25. The highest BCUT2D eigenvalue weighted by Gasteiger charge is 2.27. The topological polar surface area (TPSA) is 70.2 Å². The molecule has 2 aromatic carbocycles. The fraction of sp³-hybridized carbons (Fsp3) is 0.435. The summed E-state index contributed by atoms with van der Waals surface area (Å²) in [5.74, 6) is 0.466. The Hall–Kier alpha value is -2.74. The molecule has 0 N–H and O–H groups in total. The SMILES string of the molecule is CCOc1ccc(N(CC(=O)N2CCN(c3cccc(C)c3C)CC2)S(C)(=O)=O)cc1. The maximum Gasteiger partial charge on any atom is 0.243 e. The van der Waals surface area contributed by atoms with Crippen LogP contribution in [0.2, 0.25) is 0 Å². The first-order valence-corrected chi connectivity index (χ1v) is 12.3. The van der Waals surface area contributed by atoms with Gasteiger partial charge in [0.15, 0.2) is 0 Å². The van der Waals surface area contributed by atoms with Gasteiger partial charge in [-0.05, 0) is 62.2 Å². The fourth-order valence-corrected chi connectivity index (χ4v) is 4.62. The summed E-state index contributed by atoms with van der Waals surface area (Å²) in [5, 5.41) is 0. The Morgan fingerprint density at radius 1 is 1.03 bits per heavy atom. The number of hydrogen-bond acceptors (Lipinski definition) is 5. The van der Waals surface area contributed by atoms with Gasteiger partial charge in [-0.1, -0.05) is 12.1 Å². The molecule has 0 aliphatic carbocycles. The van der Waals surface area contributed by atoms with Crippen LogP contribution in [0, 0.1) is 13.8 Å². The summed E-state index contributed by atoms with van der Waals surface area (Å²) in [6.45, 7) is 8.98. The van der Waals surface area contributed by atoms with Gasteiger partial charge in [-0.15, -0.1) is 0 Å². The minimum absolute atomic E-state index is 0.195. The highest BCUT2D eigenvalue weighted by molar-refractivity contribution is 7.92.